The van der Waals surface area contributed by atoms with Crippen LogP contribution in [0.1, 0.15) is 39.2 Å². The lowest BCUT2D eigenvalue weighted by atomic mass is 10.1. The summed E-state index contributed by atoms with van der Waals surface area (Å²) in [6, 6.07) is 9.66. The molecule has 1 aliphatic rings. The maximum Gasteiger partial charge on any atom is 0.517 e. The predicted octanol–water partition coefficient (Wildman–Crippen LogP) is 2.74. The molecule has 6 nitrogen and oxygen atoms in total. The quantitative estimate of drug-likeness (QED) is 0.646. The Bertz CT molecular complexity index is 627. The fraction of sp³-hybridized carbons (Fsp3) is 0.600. The number of hydrazine groups is 1. The third-order valence-corrected chi connectivity index (χ3v) is 4.98. The van der Waals surface area contributed by atoms with Crippen LogP contribution in [0.5, 0.6) is 0 Å². The average molecular weight is 362 g/mol. The van der Waals surface area contributed by atoms with Crippen molar-refractivity contribution in [1.29, 1.82) is 0 Å². The van der Waals surface area contributed by atoms with Gasteiger partial charge in [-0.25, -0.2) is 9.91 Å². The molecule has 0 bridgehead atoms. The van der Waals surface area contributed by atoms with Gasteiger partial charge in [0.1, 0.15) is 5.60 Å². The Hall–Kier alpha value is -1.92. The van der Waals surface area contributed by atoms with Gasteiger partial charge < -0.3 is 4.74 Å². The van der Waals surface area contributed by atoms with Gasteiger partial charge in [0.25, 0.3) is 5.91 Å². The van der Waals surface area contributed by atoms with Gasteiger partial charge in [0.15, 0.2) is 6.04 Å². The summed E-state index contributed by atoms with van der Waals surface area (Å²) < 4.78 is 5.82. The monoisotopic (exact) mass is 362 g/mol. The SMILES string of the molecule is CNN(C)C(=O)C1CCC[N@+]1(CCc1ccccc1)C(=O)OC(C)(C)C. The molecule has 1 aromatic carbocycles. The Balaban J connectivity index is 2.30. The molecular formula is C20H32N3O3+. The zero-order valence-electron chi connectivity index (χ0n) is 16.6. The molecule has 144 valence electrons. The lowest BCUT2D eigenvalue weighted by molar-refractivity contribution is -0.861. The van der Waals surface area contributed by atoms with Crippen LogP contribution in [-0.4, -0.2) is 60.3 Å². The van der Waals surface area contributed by atoms with Crippen molar-refractivity contribution in [3.63, 3.8) is 0 Å². The third kappa shape index (κ3) is 4.62. The molecule has 2 amide bonds. The van der Waals surface area contributed by atoms with Gasteiger partial charge in [-0.3, -0.25) is 9.80 Å². The molecule has 2 atom stereocenters. The zero-order valence-corrected chi connectivity index (χ0v) is 16.6. The van der Waals surface area contributed by atoms with E-state index < -0.39 is 11.6 Å². The first-order valence-corrected chi connectivity index (χ1v) is 9.29. The summed E-state index contributed by atoms with van der Waals surface area (Å²) >= 11 is 0. The second-order valence-corrected chi connectivity index (χ2v) is 7.98. The number of likely N-dealkylation sites (N-methyl/N-ethyl adjacent to an activating group) is 1. The highest BCUT2D eigenvalue weighted by atomic mass is 16.6. The highest BCUT2D eigenvalue weighted by molar-refractivity contribution is 5.82. The first kappa shape index (κ1) is 20.4. The van der Waals surface area contributed by atoms with Crippen molar-refractivity contribution in [2.75, 3.05) is 27.2 Å². The van der Waals surface area contributed by atoms with Crippen LogP contribution in [0.25, 0.3) is 0 Å². The molecule has 1 heterocycles. The molecule has 1 fully saturated rings. The fourth-order valence-corrected chi connectivity index (χ4v) is 3.54. The molecule has 26 heavy (non-hydrogen) atoms. The smallest absolute Gasteiger partial charge is 0.414 e. The van der Waals surface area contributed by atoms with Crippen LogP contribution in [0.15, 0.2) is 30.3 Å². The zero-order chi connectivity index (χ0) is 19.4. The highest BCUT2D eigenvalue weighted by Gasteiger charge is 2.54. The minimum absolute atomic E-state index is 0.0658. The summed E-state index contributed by atoms with van der Waals surface area (Å²) in [6.07, 6.45) is 1.96. The van der Waals surface area contributed by atoms with Crippen LogP contribution in [0.4, 0.5) is 4.79 Å². The van der Waals surface area contributed by atoms with Gasteiger partial charge in [0.2, 0.25) is 0 Å². The number of hydrogen-bond donors (Lipinski definition) is 1. The number of carbonyl (C=O) groups is 2. The van der Waals surface area contributed by atoms with Gasteiger partial charge in [0, 0.05) is 33.4 Å². The maximum atomic E-state index is 13.2. The number of rotatable bonds is 5. The van der Waals surface area contributed by atoms with Gasteiger partial charge >= 0.3 is 6.09 Å². The van der Waals surface area contributed by atoms with E-state index in [2.05, 4.69) is 17.6 Å². The summed E-state index contributed by atoms with van der Waals surface area (Å²) in [5.41, 5.74) is 3.44. The van der Waals surface area contributed by atoms with E-state index in [1.54, 1.807) is 14.1 Å². The van der Waals surface area contributed by atoms with Crippen LogP contribution in [-0.2, 0) is 16.0 Å². The molecule has 6 heteroatoms. The molecule has 1 N–H and O–H groups in total. The van der Waals surface area contributed by atoms with Crippen LogP contribution in [0.3, 0.4) is 0 Å². The minimum Gasteiger partial charge on any atom is -0.414 e. The molecule has 1 saturated heterocycles. The standard InChI is InChI=1S/C20H32N3O3/c1-20(2,3)26-19(25)23(15-13-16-10-7-6-8-11-16)14-9-12-17(23)18(24)22(5)21-4/h6-8,10-11,17,21H,9,12-15H2,1-5H3/q+1/t17?,23-/m1/s1. The summed E-state index contributed by atoms with van der Waals surface area (Å²) in [5.74, 6) is -0.0658. The number of nitrogens with zero attached hydrogens (tertiary/aromatic N) is 2. The Morgan fingerprint density at radius 3 is 2.50 bits per heavy atom. The fourth-order valence-electron chi connectivity index (χ4n) is 3.54. The normalized spacial score (nSPS) is 22.9. The highest BCUT2D eigenvalue weighted by Crippen LogP contribution is 2.32. The van der Waals surface area contributed by atoms with Gasteiger partial charge in [-0.15, -0.1) is 0 Å². The van der Waals surface area contributed by atoms with Crippen molar-refractivity contribution >= 4 is 12.0 Å². The number of hydrogen-bond acceptors (Lipinski definition) is 4. The Morgan fingerprint density at radius 1 is 1.27 bits per heavy atom. The summed E-state index contributed by atoms with van der Waals surface area (Å²) in [5, 5.41) is 1.47. The number of quaternary nitrogens is 1. The second kappa shape index (κ2) is 8.18. The Morgan fingerprint density at radius 2 is 1.92 bits per heavy atom. The molecule has 1 aromatic rings. The predicted molar refractivity (Wildman–Crippen MR) is 101 cm³/mol. The molecule has 0 saturated carbocycles. The largest absolute Gasteiger partial charge is 0.517 e. The van der Waals surface area contributed by atoms with Crippen molar-refractivity contribution in [2.45, 2.75) is 51.7 Å². The lowest BCUT2D eigenvalue weighted by Crippen LogP contribution is -2.63. The number of benzene rings is 1. The molecule has 0 aliphatic carbocycles. The van der Waals surface area contributed by atoms with Crippen molar-refractivity contribution in [3.05, 3.63) is 35.9 Å². The van der Waals surface area contributed by atoms with E-state index in [9.17, 15) is 9.59 Å². The topological polar surface area (TPSA) is 58.6 Å². The van der Waals surface area contributed by atoms with Gasteiger partial charge in [-0.2, -0.15) is 4.79 Å². The molecule has 2 rings (SSSR count). The lowest BCUT2D eigenvalue weighted by Gasteiger charge is -2.38. The van der Waals surface area contributed by atoms with E-state index in [1.807, 2.05) is 39.0 Å². The first-order valence-electron chi connectivity index (χ1n) is 9.29. The van der Waals surface area contributed by atoms with Crippen molar-refractivity contribution in [1.82, 2.24) is 10.4 Å². The van der Waals surface area contributed by atoms with Crippen LogP contribution in [0, 0.1) is 0 Å². The van der Waals surface area contributed by atoms with Gasteiger partial charge in [0.05, 0.1) is 13.1 Å². The van der Waals surface area contributed by atoms with E-state index in [4.69, 9.17) is 4.74 Å². The van der Waals surface area contributed by atoms with E-state index in [-0.39, 0.29) is 16.5 Å². The number of ether oxygens (including phenoxy) is 1. The number of likely N-dealkylation sites (tertiary alicyclic amines) is 1. The van der Waals surface area contributed by atoms with E-state index in [1.165, 1.54) is 5.01 Å². The molecule has 1 unspecified atom stereocenters. The van der Waals surface area contributed by atoms with Crippen molar-refractivity contribution in [2.24, 2.45) is 0 Å². The summed E-state index contributed by atoms with van der Waals surface area (Å²) in [4.78, 5) is 26.1. The van der Waals surface area contributed by atoms with Crippen LogP contribution in [0.2, 0.25) is 0 Å². The molecule has 1 aliphatic heterocycles. The van der Waals surface area contributed by atoms with E-state index in [0.29, 0.717) is 19.5 Å². The van der Waals surface area contributed by atoms with Crippen molar-refractivity contribution in [3.8, 4) is 0 Å². The molecule has 0 radical (unpaired) electrons. The van der Waals surface area contributed by atoms with Gasteiger partial charge in [-0.05, 0) is 26.3 Å². The summed E-state index contributed by atoms with van der Waals surface area (Å²) in [6.45, 7) is 6.80. The number of amides is 2. The first-order chi connectivity index (χ1) is 12.2. The van der Waals surface area contributed by atoms with Crippen LogP contribution >= 0.6 is 0 Å². The van der Waals surface area contributed by atoms with Crippen molar-refractivity contribution < 1.29 is 18.8 Å². The Labute approximate surface area is 156 Å². The Kier molecular flexibility index (Phi) is 6.42. The molecule has 0 aromatic heterocycles. The van der Waals surface area contributed by atoms with E-state index in [0.717, 1.165) is 18.4 Å². The second-order valence-electron chi connectivity index (χ2n) is 7.98. The van der Waals surface area contributed by atoms with Gasteiger partial charge in [-0.1, -0.05) is 30.3 Å². The maximum absolute atomic E-state index is 13.2. The van der Waals surface area contributed by atoms with E-state index >= 15 is 0 Å². The third-order valence-electron chi connectivity index (χ3n) is 4.98. The minimum atomic E-state index is -0.583. The molecule has 0 spiro atoms. The molecular weight excluding hydrogens is 330 g/mol. The van der Waals surface area contributed by atoms with Crippen LogP contribution < -0.4 is 5.43 Å². The number of nitrogens with one attached hydrogen (secondary N) is 1. The number of carbonyl (C=O) groups excluding carboxylic acids is 2. The average Bonchev–Trinajstić information content (AvgIpc) is 3.03. The summed E-state index contributed by atoms with van der Waals surface area (Å²) in [7, 11) is 3.40.